The number of ether oxygens (including phenoxy) is 1. The molecule has 0 saturated carbocycles. The zero-order valence-corrected chi connectivity index (χ0v) is 11.4. The van der Waals surface area contributed by atoms with Crippen molar-refractivity contribution in [3.8, 4) is 5.75 Å². The minimum Gasteiger partial charge on any atom is -0.484 e. The van der Waals surface area contributed by atoms with Crippen LogP contribution in [0.1, 0.15) is 18.9 Å². The van der Waals surface area contributed by atoms with E-state index >= 15 is 0 Å². The van der Waals surface area contributed by atoms with Crippen LogP contribution in [0.3, 0.4) is 0 Å². The van der Waals surface area contributed by atoms with Gasteiger partial charge in [0.1, 0.15) is 5.75 Å². The highest BCUT2D eigenvalue weighted by Gasteiger charge is 2.18. The number of carbonyl (C=O) groups is 2. The molecule has 1 atom stereocenters. The van der Waals surface area contributed by atoms with Crippen molar-refractivity contribution in [1.29, 1.82) is 0 Å². The largest absolute Gasteiger partial charge is 0.484 e. The van der Waals surface area contributed by atoms with Crippen LogP contribution in [0.25, 0.3) is 0 Å². The molecule has 0 bridgehead atoms. The number of amides is 1. The molecule has 19 heavy (non-hydrogen) atoms. The van der Waals surface area contributed by atoms with Gasteiger partial charge in [0.2, 0.25) is 0 Å². The van der Waals surface area contributed by atoms with Crippen LogP contribution >= 0.6 is 0 Å². The standard InChI is InChI=1S/C14H19NO4/c1-10-6-4-5-7-12(10)19-9-13(16)15(3)11(2)8-14(17)18/h4-7,11H,8-9H2,1-3H3,(H,17,18). The van der Waals surface area contributed by atoms with Gasteiger partial charge < -0.3 is 14.7 Å². The Kier molecular flexibility index (Phi) is 5.36. The second-order valence-corrected chi connectivity index (χ2v) is 4.51. The summed E-state index contributed by atoms with van der Waals surface area (Å²) in [5.74, 6) is -0.501. The molecule has 0 aliphatic heterocycles. The van der Waals surface area contributed by atoms with Crippen LogP contribution in [0.5, 0.6) is 5.75 Å². The Labute approximate surface area is 112 Å². The number of rotatable bonds is 6. The van der Waals surface area contributed by atoms with Crippen LogP contribution in [-0.2, 0) is 9.59 Å². The molecule has 0 saturated heterocycles. The second kappa shape index (κ2) is 6.78. The Morgan fingerprint density at radius 3 is 2.58 bits per heavy atom. The summed E-state index contributed by atoms with van der Waals surface area (Å²) >= 11 is 0. The number of hydrogen-bond donors (Lipinski definition) is 1. The van der Waals surface area contributed by atoms with Gasteiger partial charge in [-0.2, -0.15) is 0 Å². The van der Waals surface area contributed by atoms with Crippen molar-refractivity contribution in [2.45, 2.75) is 26.3 Å². The third-order valence-corrected chi connectivity index (χ3v) is 2.97. The second-order valence-electron chi connectivity index (χ2n) is 4.51. The average molecular weight is 265 g/mol. The van der Waals surface area contributed by atoms with Crippen LogP contribution < -0.4 is 4.74 Å². The number of carbonyl (C=O) groups excluding carboxylic acids is 1. The molecule has 1 N–H and O–H groups in total. The number of nitrogens with zero attached hydrogens (tertiary/aromatic N) is 1. The molecule has 1 aromatic rings. The van der Waals surface area contributed by atoms with Gasteiger partial charge in [-0.25, -0.2) is 0 Å². The third-order valence-electron chi connectivity index (χ3n) is 2.97. The molecule has 5 nitrogen and oxygen atoms in total. The molecule has 1 amide bonds. The monoisotopic (exact) mass is 265 g/mol. The molecule has 0 heterocycles. The first-order chi connectivity index (χ1) is 8.91. The van der Waals surface area contributed by atoms with E-state index < -0.39 is 5.97 Å². The molecule has 1 rings (SSSR count). The highest BCUT2D eigenvalue weighted by Crippen LogP contribution is 2.16. The first-order valence-corrected chi connectivity index (χ1v) is 6.07. The van der Waals surface area contributed by atoms with Crippen molar-refractivity contribution < 1.29 is 19.4 Å². The van der Waals surface area contributed by atoms with E-state index in [1.165, 1.54) is 4.90 Å². The van der Waals surface area contributed by atoms with Crippen molar-refractivity contribution in [1.82, 2.24) is 4.90 Å². The smallest absolute Gasteiger partial charge is 0.305 e. The summed E-state index contributed by atoms with van der Waals surface area (Å²) in [4.78, 5) is 23.8. The maximum absolute atomic E-state index is 11.9. The summed E-state index contributed by atoms with van der Waals surface area (Å²) in [6.07, 6.45) is -0.0768. The lowest BCUT2D eigenvalue weighted by Gasteiger charge is -2.23. The molecule has 0 spiro atoms. The van der Waals surface area contributed by atoms with E-state index in [1.807, 2.05) is 25.1 Å². The Bertz CT molecular complexity index is 459. The van der Waals surface area contributed by atoms with Gasteiger partial charge in [0.05, 0.1) is 6.42 Å². The maximum atomic E-state index is 11.9. The van der Waals surface area contributed by atoms with Gasteiger partial charge in [0.15, 0.2) is 6.61 Å². The molecular weight excluding hydrogens is 246 g/mol. The number of aryl methyl sites for hydroxylation is 1. The lowest BCUT2D eigenvalue weighted by atomic mass is 10.2. The number of carboxylic acid groups (broad SMARTS) is 1. The summed E-state index contributed by atoms with van der Waals surface area (Å²) in [5, 5.41) is 8.69. The van der Waals surface area contributed by atoms with Crippen molar-refractivity contribution in [3.63, 3.8) is 0 Å². The normalized spacial score (nSPS) is 11.7. The average Bonchev–Trinajstić information content (AvgIpc) is 2.35. The van der Waals surface area contributed by atoms with Crippen LogP contribution in [0.2, 0.25) is 0 Å². The molecule has 104 valence electrons. The van der Waals surface area contributed by atoms with E-state index in [0.717, 1.165) is 5.56 Å². The van der Waals surface area contributed by atoms with Crippen LogP contribution in [0, 0.1) is 6.92 Å². The summed E-state index contributed by atoms with van der Waals surface area (Å²) in [6.45, 7) is 3.50. The summed E-state index contributed by atoms with van der Waals surface area (Å²) in [5.41, 5.74) is 0.955. The molecular formula is C14H19NO4. The predicted molar refractivity (Wildman–Crippen MR) is 71.2 cm³/mol. The van der Waals surface area contributed by atoms with Gasteiger partial charge >= 0.3 is 5.97 Å². The fraction of sp³-hybridized carbons (Fsp3) is 0.429. The fourth-order valence-electron chi connectivity index (χ4n) is 1.60. The van der Waals surface area contributed by atoms with Crippen LogP contribution in [0.15, 0.2) is 24.3 Å². The number of likely N-dealkylation sites (N-methyl/N-ethyl adjacent to an activating group) is 1. The van der Waals surface area contributed by atoms with Crippen molar-refractivity contribution in [2.24, 2.45) is 0 Å². The lowest BCUT2D eigenvalue weighted by molar-refractivity contribution is -0.140. The molecule has 0 radical (unpaired) electrons. The summed E-state index contributed by atoms with van der Waals surface area (Å²) in [6, 6.07) is 7.07. The van der Waals surface area contributed by atoms with Gasteiger partial charge in [-0.15, -0.1) is 0 Å². The molecule has 0 aromatic heterocycles. The quantitative estimate of drug-likeness (QED) is 0.850. The minimum atomic E-state index is -0.924. The fourth-order valence-corrected chi connectivity index (χ4v) is 1.60. The van der Waals surface area contributed by atoms with E-state index in [9.17, 15) is 9.59 Å². The molecule has 0 aliphatic carbocycles. The van der Waals surface area contributed by atoms with E-state index in [1.54, 1.807) is 20.0 Å². The van der Waals surface area contributed by atoms with Crippen molar-refractivity contribution in [3.05, 3.63) is 29.8 Å². The van der Waals surface area contributed by atoms with E-state index in [2.05, 4.69) is 0 Å². The maximum Gasteiger partial charge on any atom is 0.305 e. The number of hydrogen-bond acceptors (Lipinski definition) is 3. The van der Waals surface area contributed by atoms with Crippen LogP contribution in [0.4, 0.5) is 0 Å². The number of benzene rings is 1. The Morgan fingerprint density at radius 2 is 2.00 bits per heavy atom. The first-order valence-electron chi connectivity index (χ1n) is 6.07. The Hall–Kier alpha value is -2.04. The zero-order valence-electron chi connectivity index (χ0n) is 11.4. The van der Waals surface area contributed by atoms with Crippen LogP contribution in [-0.4, -0.2) is 41.6 Å². The van der Waals surface area contributed by atoms with Gasteiger partial charge in [0.25, 0.3) is 5.91 Å². The Balaban J connectivity index is 2.51. The zero-order chi connectivity index (χ0) is 14.4. The molecule has 1 unspecified atom stereocenters. The molecule has 0 fully saturated rings. The van der Waals surface area contributed by atoms with E-state index in [4.69, 9.17) is 9.84 Å². The highest BCUT2D eigenvalue weighted by atomic mass is 16.5. The summed E-state index contributed by atoms with van der Waals surface area (Å²) < 4.78 is 5.44. The highest BCUT2D eigenvalue weighted by molar-refractivity contribution is 5.78. The SMILES string of the molecule is Cc1ccccc1OCC(=O)N(C)C(C)CC(=O)O. The lowest BCUT2D eigenvalue weighted by Crippen LogP contribution is -2.39. The molecule has 0 aliphatic rings. The topological polar surface area (TPSA) is 66.8 Å². The number of para-hydroxylation sites is 1. The third kappa shape index (κ3) is 4.62. The van der Waals surface area contributed by atoms with Crippen molar-refractivity contribution in [2.75, 3.05) is 13.7 Å². The minimum absolute atomic E-state index is 0.0768. The predicted octanol–water partition coefficient (Wildman–Crippen LogP) is 1.70. The molecule has 1 aromatic carbocycles. The molecule has 5 heteroatoms. The van der Waals surface area contributed by atoms with Gasteiger partial charge in [-0.3, -0.25) is 9.59 Å². The Morgan fingerprint density at radius 1 is 1.37 bits per heavy atom. The first kappa shape index (κ1) is 15.0. The summed E-state index contributed by atoms with van der Waals surface area (Å²) in [7, 11) is 1.58. The number of carboxylic acids is 1. The van der Waals surface area contributed by atoms with Crippen molar-refractivity contribution >= 4 is 11.9 Å². The number of aliphatic carboxylic acids is 1. The van der Waals surface area contributed by atoms with Gasteiger partial charge in [-0.1, -0.05) is 18.2 Å². The van der Waals surface area contributed by atoms with E-state index in [0.29, 0.717) is 5.75 Å². The van der Waals surface area contributed by atoms with Gasteiger partial charge in [0, 0.05) is 13.1 Å². The van der Waals surface area contributed by atoms with E-state index in [-0.39, 0.29) is 25.0 Å². The van der Waals surface area contributed by atoms with Gasteiger partial charge in [-0.05, 0) is 25.5 Å².